The van der Waals surface area contributed by atoms with Crippen molar-refractivity contribution in [2.24, 2.45) is 0 Å². The number of carbonyl (C=O) groups excluding carboxylic acids is 1. The molecule has 0 radical (unpaired) electrons. The number of nitrogens with one attached hydrogen (secondary N) is 1. The normalized spacial score (nSPS) is 11.3. The molecule has 0 bridgehead atoms. The molecule has 27 heavy (non-hydrogen) atoms. The summed E-state index contributed by atoms with van der Waals surface area (Å²) in [6.07, 6.45) is 0. The van der Waals surface area contributed by atoms with Gasteiger partial charge in [-0.05, 0) is 41.8 Å². The lowest BCUT2D eigenvalue weighted by Gasteiger charge is -2.13. The summed E-state index contributed by atoms with van der Waals surface area (Å²) >= 11 is 0. The van der Waals surface area contributed by atoms with Crippen LogP contribution in [0.5, 0.6) is 0 Å². The van der Waals surface area contributed by atoms with Gasteiger partial charge in [0.1, 0.15) is 5.82 Å². The molecular formula is C21H18FNO3S. The lowest BCUT2D eigenvalue weighted by atomic mass is 9.94. The molecule has 0 saturated carbocycles. The van der Waals surface area contributed by atoms with E-state index in [4.69, 9.17) is 0 Å². The van der Waals surface area contributed by atoms with Gasteiger partial charge in [0, 0.05) is 0 Å². The van der Waals surface area contributed by atoms with E-state index in [0.717, 1.165) is 11.1 Å². The summed E-state index contributed by atoms with van der Waals surface area (Å²) in [7, 11) is -3.84. The standard InChI is InChI=1S/C21H18FNO3S/c1-15-18(16-8-4-2-5-9-16)12-13-19(22)21(15)20(24)14-23-27(25,26)17-10-6-3-7-11-17/h2-13,23H,14H2,1H3. The van der Waals surface area contributed by atoms with Gasteiger partial charge in [-0.1, -0.05) is 54.6 Å². The maximum absolute atomic E-state index is 14.3. The largest absolute Gasteiger partial charge is 0.293 e. The number of benzene rings is 3. The summed E-state index contributed by atoms with van der Waals surface area (Å²) in [6, 6.07) is 19.9. The van der Waals surface area contributed by atoms with Crippen molar-refractivity contribution in [3.05, 3.63) is 89.7 Å². The maximum atomic E-state index is 14.3. The quantitative estimate of drug-likeness (QED) is 0.656. The Balaban J connectivity index is 1.87. The molecule has 1 N–H and O–H groups in total. The summed E-state index contributed by atoms with van der Waals surface area (Å²) in [5, 5.41) is 0. The van der Waals surface area contributed by atoms with Crippen molar-refractivity contribution in [3.63, 3.8) is 0 Å². The molecule has 0 spiro atoms. The Morgan fingerprint density at radius 3 is 2.15 bits per heavy atom. The zero-order valence-corrected chi connectivity index (χ0v) is 15.5. The Labute approximate surface area is 157 Å². The second-order valence-electron chi connectivity index (χ2n) is 6.02. The van der Waals surface area contributed by atoms with E-state index in [-0.39, 0.29) is 10.5 Å². The second-order valence-corrected chi connectivity index (χ2v) is 7.79. The molecule has 0 fully saturated rings. The number of rotatable bonds is 6. The molecule has 3 rings (SSSR count). The lowest BCUT2D eigenvalue weighted by molar-refractivity contribution is 0.0992. The van der Waals surface area contributed by atoms with E-state index >= 15 is 0 Å². The van der Waals surface area contributed by atoms with Crippen LogP contribution in [0.3, 0.4) is 0 Å². The molecular weight excluding hydrogens is 365 g/mol. The highest BCUT2D eigenvalue weighted by molar-refractivity contribution is 7.89. The van der Waals surface area contributed by atoms with E-state index in [1.165, 1.54) is 18.2 Å². The summed E-state index contributed by atoms with van der Waals surface area (Å²) in [6.45, 7) is 1.14. The molecule has 3 aromatic carbocycles. The van der Waals surface area contributed by atoms with Crippen LogP contribution in [-0.2, 0) is 10.0 Å². The number of hydrogen-bond donors (Lipinski definition) is 1. The average Bonchev–Trinajstić information content (AvgIpc) is 2.68. The molecule has 0 aliphatic carbocycles. The monoisotopic (exact) mass is 383 g/mol. The van der Waals surface area contributed by atoms with Crippen molar-refractivity contribution >= 4 is 15.8 Å². The molecule has 0 aromatic heterocycles. The minimum absolute atomic E-state index is 0.0491. The molecule has 0 aliphatic rings. The Bertz CT molecular complexity index is 1070. The summed E-state index contributed by atoms with van der Waals surface area (Å²) in [5.41, 5.74) is 1.96. The molecule has 4 nitrogen and oxygen atoms in total. The van der Waals surface area contributed by atoms with Crippen LogP contribution in [0.2, 0.25) is 0 Å². The van der Waals surface area contributed by atoms with Crippen LogP contribution in [0.25, 0.3) is 11.1 Å². The molecule has 138 valence electrons. The zero-order chi connectivity index (χ0) is 19.4. The third-order valence-corrected chi connectivity index (χ3v) is 5.67. The topological polar surface area (TPSA) is 63.2 Å². The lowest BCUT2D eigenvalue weighted by Crippen LogP contribution is -2.30. The number of ketones is 1. The van der Waals surface area contributed by atoms with Crippen molar-refractivity contribution in [3.8, 4) is 11.1 Å². The summed E-state index contributed by atoms with van der Waals surface area (Å²) < 4.78 is 41.1. The number of Topliss-reactive ketones (excluding diaryl/α,β-unsaturated/α-hetero) is 1. The third kappa shape index (κ3) is 4.13. The SMILES string of the molecule is Cc1c(-c2ccccc2)ccc(F)c1C(=O)CNS(=O)(=O)c1ccccc1. The van der Waals surface area contributed by atoms with E-state index in [0.29, 0.717) is 5.56 Å². The molecule has 3 aromatic rings. The van der Waals surface area contributed by atoms with Crippen molar-refractivity contribution in [1.82, 2.24) is 4.72 Å². The summed E-state index contributed by atoms with van der Waals surface area (Å²) in [5.74, 6) is -1.29. The number of sulfonamides is 1. The Kier molecular flexibility index (Phi) is 5.48. The van der Waals surface area contributed by atoms with Gasteiger partial charge in [-0.25, -0.2) is 17.5 Å². The first-order valence-electron chi connectivity index (χ1n) is 8.32. The van der Waals surface area contributed by atoms with Gasteiger partial charge >= 0.3 is 0 Å². The van der Waals surface area contributed by atoms with E-state index < -0.39 is 28.2 Å². The fourth-order valence-electron chi connectivity index (χ4n) is 2.88. The van der Waals surface area contributed by atoms with E-state index in [1.54, 1.807) is 31.2 Å². The molecule has 0 saturated heterocycles. The van der Waals surface area contributed by atoms with Gasteiger partial charge in [0.2, 0.25) is 10.0 Å². The van der Waals surface area contributed by atoms with Gasteiger partial charge in [-0.2, -0.15) is 0 Å². The predicted molar refractivity (Wildman–Crippen MR) is 103 cm³/mol. The fraction of sp³-hybridized carbons (Fsp3) is 0.0952. The van der Waals surface area contributed by atoms with Gasteiger partial charge < -0.3 is 0 Å². The number of halogens is 1. The first-order valence-corrected chi connectivity index (χ1v) is 9.81. The van der Waals surface area contributed by atoms with Gasteiger partial charge in [0.15, 0.2) is 5.78 Å². The van der Waals surface area contributed by atoms with Gasteiger partial charge in [0.25, 0.3) is 0 Å². The third-order valence-electron chi connectivity index (χ3n) is 4.25. The van der Waals surface area contributed by atoms with Crippen molar-refractivity contribution in [1.29, 1.82) is 0 Å². The highest BCUT2D eigenvalue weighted by Crippen LogP contribution is 2.27. The van der Waals surface area contributed by atoms with Crippen LogP contribution in [0.4, 0.5) is 4.39 Å². The summed E-state index contributed by atoms with van der Waals surface area (Å²) in [4.78, 5) is 12.6. The van der Waals surface area contributed by atoms with E-state index in [1.807, 2.05) is 30.3 Å². The Hall–Kier alpha value is -2.83. The minimum atomic E-state index is -3.84. The first kappa shape index (κ1) is 18.9. The van der Waals surface area contributed by atoms with Crippen molar-refractivity contribution < 1.29 is 17.6 Å². The van der Waals surface area contributed by atoms with Gasteiger partial charge in [0.05, 0.1) is 17.0 Å². The highest BCUT2D eigenvalue weighted by Gasteiger charge is 2.21. The first-order chi connectivity index (χ1) is 12.9. The van der Waals surface area contributed by atoms with Gasteiger partial charge in [-0.15, -0.1) is 0 Å². The van der Waals surface area contributed by atoms with Gasteiger partial charge in [-0.3, -0.25) is 4.79 Å². The zero-order valence-electron chi connectivity index (χ0n) is 14.6. The van der Waals surface area contributed by atoms with E-state index in [9.17, 15) is 17.6 Å². The number of carbonyl (C=O) groups is 1. The number of hydrogen-bond acceptors (Lipinski definition) is 3. The predicted octanol–water partition coefficient (Wildman–Crippen LogP) is 3.96. The molecule has 0 heterocycles. The van der Waals surface area contributed by atoms with Crippen LogP contribution in [-0.4, -0.2) is 20.7 Å². The maximum Gasteiger partial charge on any atom is 0.240 e. The Morgan fingerprint density at radius 2 is 1.52 bits per heavy atom. The average molecular weight is 383 g/mol. The van der Waals surface area contributed by atoms with Crippen LogP contribution < -0.4 is 4.72 Å². The smallest absolute Gasteiger partial charge is 0.240 e. The molecule has 6 heteroatoms. The second kappa shape index (κ2) is 7.82. The molecule has 0 aliphatic heterocycles. The molecule has 0 unspecified atom stereocenters. The minimum Gasteiger partial charge on any atom is -0.293 e. The fourth-order valence-corrected chi connectivity index (χ4v) is 3.89. The van der Waals surface area contributed by atoms with Crippen LogP contribution in [0.15, 0.2) is 77.7 Å². The molecule has 0 amide bonds. The Morgan fingerprint density at radius 1 is 0.926 bits per heavy atom. The van der Waals surface area contributed by atoms with Crippen molar-refractivity contribution in [2.45, 2.75) is 11.8 Å². The molecule has 0 atom stereocenters. The van der Waals surface area contributed by atoms with Crippen LogP contribution in [0, 0.1) is 12.7 Å². The van der Waals surface area contributed by atoms with Crippen LogP contribution in [0.1, 0.15) is 15.9 Å². The van der Waals surface area contributed by atoms with Crippen molar-refractivity contribution in [2.75, 3.05) is 6.54 Å². The van der Waals surface area contributed by atoms with E-state index in [2.05, 4.69) is 4.72 Å². The van der Waals surface area contributed by atoms with Crippen LogP contribution >= 0.6 is 0 Å². The highest BCUT2D eigenvalue weighted by atomic mass is 32.2.